The Hall–Kier alpha value is -4.12. The number of thiazole rings is 1. The van der Waals surface area contributed by atoms with Gasteiger partial charge in [0.1, 0.15) is 0 Å². The summed E-state index contributed by atoms with van der Waals surface area (Å²) in [5, 5.41) is 21.2. The van der Waals surface area contributed by atoms with Gasteiger partial charge in [0.2, 0.25) is 15.2 Å². The standard InChI is InChI=1S/C27H22N4O4S2/c1-17-7-10-20(14-23(17)19-5-3-2-4-6-19)25-21(13-18-8-11-22(12-9-18)37(28,34)35)15-31(30-25)27-29-24(16-36-27)26(32)33/h2-12,14-16H,13H2,1H3,(H,32,33)(H2,28,34,35). The van der Waals surface area contributed by atoms with Crippen LogP contribution in [0.25, 0.3) is 27.5 Å². The first kappa shape index (κ1) is 24.6. The number of carboxylic acids is 1. The number of benzene rings is 3. The minimum Gasteiger partial charge on any atom is -0.476 e. The average Bonchev–Trinajstić information content (AvgIpc) is 3.53. The van der Waals surface area contributed by atoms with E-state index < -0.39 is 16.0 Å². The second kappa shape index (κ2) is 9.74. The summed E-state index contributed by atoms with van der Waals surface area (Å²) in [6.45, 7) is 2.06. The van der Waals surface area contributed by atoms with Crippen molar-refractivity contribution in [3.63, 3.8) is 0 Å². The van der Waals surface area contributed by atoms with Gasteiger partial charge in [-0.15, -0.1) is 11.3 Å². The lowest BCUT2D eigenvalue weighted by atomic mass is 9.95. The zero-order chi connectivity index (χ0) is 26.2. The van der Waals surface area contributed by atoms with E-state index in [2.05, 4.69) is 30.1 Å². The monoisotopic (exact) mass is 530 g/mol. The van der Waals surface area contributed by atoms with Crippen molar-refractivity contribution < 1.29 is 18.3 Å². The van der Waals surface area contributed by atoms with Gasteiger partial charge in [0, 0.05) is 29.1 Å². The molecular formula is C27H22N4O4S2. The number of sulfonamides is 1. The Bertz CT molecular complexity index is 1710. The second-order valence-electron chi connectivity index (χ2n) is 8.53. The molecule has 0 bridgehead atoms. The largest absolute Gasteiger partial charge is 0.476 e. The number of primary sulfonamides is 1. The summed E-state index contributed by atoms with van der Waals surface area (Å²) in [5.41, 5.74) is 6.62. The van der Waals surface area contributed by atoms with Crippen molar-refractivity contribution in [2.75, 3.05) is 0 Å². The number of hydrogen-bond donors (Lipinski definition) is 2. The SMILES string of the molecule is Cc1ccc(-c2nn(-c3nc(C(=O)O)cs3)cc2Cc2ccc(S(N)(=O)=O)cc2)cc1-c1ccccc1. The molecule has 2 heterocycles. The van der Waals surface area contributed by atoms with E-state index in [1.807, 2.05) is 36.5 Å². The zero-order valence-electron chi connectivity index (χ0n) is 19.7. The molecule has 5 rings (SSSR count). The lowest BCUT2D eigenvalue weighted by molar-refractivity contribution is 0.0691. The van der Waals surface area contributed by atoms with Crippen molar-refractivity contribution in [2.45, 2.75) is 18.2 Å². The molecule has 0 radical (unpaired) electrons. The summed E-state index contributed by atoms with van der Waals surface area (Å²) in [5.74, 6) is -1.10. The number of rotatable bonds is 7. The summed E-state index contributed by atoms with van der Waals surface area (Å²) in [6, 6.07) is 22.6. The molecule has 3 aromatic carbocycles. The van der Waals surface area contributed by atoms with Crippen LogP contribution in [0, 0.1) is 6.92 Å². The highest BCUT2D eigenvalue weighted by Crippen LogP contribution is 2.32. The van der Waals surface area contributed by atoms with Crippen molar-refractivity contribution in [1.82, 2.24) is 14.8 Å². The van der Waals surface area contributed by atoms with E-state index in [0.717, 1.165) is 39.1 Å². The van der Waals surface area contributed by atoms with E-state index in [1.165, 1.54) is 28.8 Å². The van der Waals surface area contributed by atoms with Crippen molar-refractivity contribution in [1.29, 1.82) is 0 Å². The van der Waals surface area contributed by atoms with E-state index in [4.69, 9.17) is 10.2 Å². The number of carbonyl (C=O) groups is 1. The molecule has 186 valence electrons. The Morgan fingerprint density at radius 3 is 2.41 bits per heavy atom. The van der Waals surface area contributed by atoms with Gasteiger partial charge in [-0.25, -0.2) is 28.0 Å². The van der Waals surface area contributed by atoms with E-state index >= 15 is 0 Å². The summed E-state index contributed by atoms with van der Waals surface area (Å²) >= 11 is 1.19. The Morgan fingerprint density at radius 1 is 1.03 bits per heavy atom. The number of nitrogens with zero attached hydrogens (tertiary/aromatic N) is 3. The number of carboxylic acid groups (broad SMARTS) is 1. The Morgan fingerprint density at radius 2 is 1.76 bits per heavy atom. The number of aryl methyl sites for hydroxylation is 1. The molecule has 0 saturated heterocycles. The number of hydrogen-bond acceptors (Lipinski definition) is 6. The summed E-state index contributed by atoms with van der Waals surface area (Å²) in [7, 11) is -3.79. The van der Waals surface area contributed by atoms with Gasteiger partial charge in [-0.05, 0) is 47.4 Å². The quantitative estimate of drug-likeness (QED) is 0.308. The summed E-state index contributed by atoms with van der Waals surface area (Å²) in [6.07, 6.45) is 2.29. The molecular weight excluding hydrogens is 508 g/mol. The topological polar surface area (TPSA) is 128 Å². The molecule has 3 N–H and O–H groups in total. The summed E-state index contributed by atoms with van der Waals surface area (Å²) < 4.78 is 24.9. The Kier molecular flexibility index (Phi) is 6.46. The highest BCUT2D eigenvalue weighted by atomic mass is 32.2. The maximum atomic E-state index is 11.6. The summed E-state index contributed by atoms with van der Waals surface area (Å²) in [4.78, 5) is 15.6. The minimum atomic E-state index is -3.79. The van der Waals surface area contributed by atoms with Gasteiger partial charge < -0.3 is 5.11 Å². The molecule has 0 aliphatic rings. The fourth-order valence-electron chi connectivity index (χ4n) is 4.06. The van der Waals surface area contributed by atoms with E-state index in [9.17, 15) is 18.3 Å². The van der Waals surface area contributed by atoms with E-state index in [1.54, 1.807) is 16.8 Å². The van der Waals surface area contributed by atoms with Crippen LogP contribution in [-0.2, 0) is 16.4 Å². The smallest absolute Gasteiger partial charge is 0.355 e. The number of aromatic carboxylic acids is 1. The van der Waals surface area contributed by atoms with Gasteiger partial charge in [-0.3, -0.25) is 0 Å². The lowest BCUT2D eigenvalue weighted by Crippen LogP contribution is -2.11. The highest BCUT2D eigenvalue weighted by Gasteiger charge is 2.18. The zero-order valence-corrected chi connectivity index (χ0v) is 21.3. The maximum Gasteiger partial charge on any atom is 0.355 e. The van der Waals surface area contributed by atoms with Crippen LogP contribution < -0.4 is 5.14 Å². The predicted octanol–water partition coefficient (Wildman–Crippen LogP) is 4.91. The van der Waals surface area contributed by atoms with Crippen LogP contribution in [-0.4, -0.2) is 34.3 Å². The van der Waals surface area contributed by atoms with Crippen LogP contribution in [0.15, 0.2) is 89.3 Å². The third kappa shape index (κ3) is 5.21. The Balaban J connectivity index is 1.60. The molecule has 0 spiro atoms. The van der Waals surface area contributed by atoms with E-state index in [0.29, 0.717) is 11.6 Å². The molecule has 0 atom stereocenters. The van der Waals surface area contributed by atoms with Crippen LogP contribution in [0.2, 0.25) is 0 Å². The van der Waals surface area contributed by atoms with Crippen LogP contribution in [0.5, 0.6) is 0 Å². The van der Waals surface area contributed by atoms with Crippen LogP contribution in [0.3, 0.4) is 0 Å². The molecule has 0 fully saturated rings. The van der Waals surface area contributed by atoms with Crippen molar-refractivity contribution in [3.8, 4) is 27.5 Å². The molecule has 0 aliphatic heterocycles. The van der Waals surface area contributed by atoms with Crippen molar-refractivity contribution in [2.24, 2.45) is 5.14 Å². The van der Waals surface area contributed by atoms with Crippen LogP contribution in [0.4, 0.5) is 0 Å². The average molecular weight is 531 g/mol. The number of aromatic nitrogens is 3. The van der Waals surface area contributed by atoms with Gasteiger partial charge in [0.05, 0.1) is 10.6 Å². The molecule has 0 amide bonds. The van der Waals surface area contributed by atoms with Crippen molar-refractivity contribution >= 4 is 27.3 Å². The molecule has 0 saturated carbocycles. The predicted molar refractivity (Wildman–Crippen MR) is 142 cm³/mol. The fraction of sp³-hybridized carbons (Fsp3) is 0.0741. The fourth-order valence-corrected chi connectivity index (χ4v) is 5.30. The second-order valence-corrected chi connectivity index (χ2v) is 10.9. The van der Waals surface area contributed by atoms with E-state index in [-0.39, 0.29) is 10.6 Å². The van der Waals surface area contributed by atoms with Gasteiger partial charge in [0.25, 0.3) is 0 Å². The van der Waals surface area contributed by atoms with Crippen LogP contribution in [0.1, 0.15) is 27.2 Å². The molecule has 0 unspecified atom stereocenters. The van der Waals surface area contributed by atoms with Gasteiger partial charge in [-0.1, -0.05) is 54.6 Å². The first-order chi connectivity index (χ1) is 17.7. The maximum absolute atomic E-state index is 11.6. The third-order valence-electron chi connectivity index (χ3n) is 5.94. The number of nitrogens with two attached hydrogens (primary N) is 1. The van der Waals surface area contributed by atoms with Crippen LogP contribution >= 0.6 is 11.3 Å². The highest BCUT2D eigenvalue weighted by molar-refractivity contribution is 7.89. The third-order valence-corrected chi connectivity index (χ3v) is 7.70. The van der Waals surface area contributed by atoms with Gasteiger partial charge >= 0.3 is 5.97 Å². The van der Waals surface area contributed by atoms with Gasteiger partial charge in [-0.2, -0.15) is 5.10 Å². The first-order valence-electron chi connectivity index (χ1n) is 11.2. The minimum absolute atomic E-state index is 0.0427. The molecule has 0 aliphatic carbocycles. The van der Waals surface area contributed by atoms with Crippen molar-refractivity contribution in [3.05, 3.63) is 107 Å². The molecule has 10 heteroatoms. The molecule has 2 aromatic heterocycles. The normalized spacial score (nSPS) is 11.5. The van der Waals surface area contributed by atoms with Gasteiger partial charge in [0.15, 0.2) is 5.69 Å². The molecule has 37 heavy (non-hydrogen) atoms. The molecule has 5 aromatic rings. The molecule has 8 nitrogen and oxygen atoms in total. The first-order valence-corrected chi connectivity index (χ1v) is 13.7. The lowest BCUT2D eigenvalue weighted by Gasteiger charge is -2.10. The Labute approximate surface area is 217 Å².